The lowest BCUT2D eigenvalue weighted by Crippen LogP contribution is -2.48. The van der Waals surface area contributed by atoms with Crippen molar-refractivity contribution in [1.29, 1.82) is 0 Å². The Morgan fingerprint density at radius 1 is 1.43 bits per heavy atom. The maximum Gasteiger partial charge on any atom is 0.308 e. The van der Waals surface area contributed by atoms with Gasteiger partial charge < -0.3 is 19.7 Å². The number of piperidine rings is 1. The Kier molecular flexibility index (Phi) is 5.45. The maximum atomic E-state index is 11.6. The molecular weight excluding hydrogens is 270 g/mol. The van der Waals surface area contributed by atoms with Crippen LogP contribution in [0.25, 0.3) is 0 Å². The smallest absolute Gasteiger partial charge is 0.308 e. The Hall–Kier alpha value is -1.30. The van der Waals surface area contributed by atoms with Crippen LogP contribution in [-0.2, 0) is 14.3 Å². The van der Waals surface area contributed by atoms with E-state index in [0.717, 1.165) is 58.2 Å². The molecule has 2 saturated heterocycles. The number of guanidine groups is 1. The molecule has 21 heavy (non-hydrogen) atoms. The summed E-state index contributed by atoms with van der Waals surface area (Å²) in [6, 6.07) is 0. The molecule has 0 amide bonds. The number of aliphatic imine (C=N–C) groups is 1. The number of esters is 1. The number of likely N-dealkylation sites (tertiary alicyclic amines) is 1. The van der Waals surface area contributed by atoms with Crippen molar-refractivity contribution < 1.29 is 14.3 Å². The highest BCUT2D eigenvalue weighted by Gasteiger charge is 2.33. The topological polar surface area (TPSA) is 63.2 Å². The second kappa shape index (κ2) is 7.11. The lowest BCUT2D eigenvalue weighted by atomic mass is 9.89. The van der Waals surface area contributed by atoms with Crippen LogP contribution < -0.4 is 5.32 Å². The van der Waals surface area contributed by atoms with E-state index < -0.39 is 0 Å². The normalized spacial score (nSPS) is 22.6. The Bertz CT molecular complexity index is 386. The van der Waals surface area contributed by atoms with Gasteiger partial charge in [0.25, 0.3) is 0 Å². The van der Waals surface area contributed by atoms with Crippen molar-refractivity contribution in [3.05, 3.63) is 0 Å². The monoisotopic (exact) mass is 297 g/mol. The number of ether oxygens (including phenoxy) is 2. The number of hydrogen-bond donors (Lipinski definition) is 1. The zero-order valence-electron chi connectivity index (χ0n) is 13.4. The highest BCUT2D eigenvalue weighted by Crippen LogP contribution is 2.27. The van der Waals surface area contributed by atoms with E-state index >= 15 is 0 Å². The van der Waals surface area contributed by atoms with E-state index in [4.69, 9.17) is 14.5 Å². The Morgan fingerprint density at radius 2 is 2.10 bits per heavy atom. The van der Waals surface area contributed by atoms with Gasteiger partial charge in [0.05, 0.1) is 32.8 Å². The molecular formula is C15H27N3O3. The maximum absolute atomic E-state index is 11.6. The van der Waals surface area contributed by atoms with E-state index in [1.807, 2.05) is 0 Å². The summed E-state index contributed by atoms with van der Waals surface area (Å²) >= 11 is 0. The van der Waals surface area contributed by atoms with Gasteiger partial charge in [-0.25, -0.2) is 0 Å². The third-order valence-corrected chi connectivity index (χ3v) is 4.18. The molecule has 6 nitrogen and oxygen atoms in total. The summed E-state index contributed by atoms with van der Waals surface area (Å²) in [5, 5.41) is 3.35. The van der Waals surface area contributed by atoms with Gasteiger partial charge in [0.2, 0.25) is 0 Å². The third-order valence-electron chi connectivity index (χ3n) is 4.18. The molecule has 0 aromatic heterocycles. The summed E-state index contributed by atoms with van der Waals surface area (Å²) in [4.78, 5) is 18.6. The van der Waals surface area contributed by atoms with Gasteiger partial charge in [-0.15, -0.1) is 0 Å². The van der Waals surface area contributed by atoms with Gasteiger partial charge >= 0.3 is 5.97 Å². The van der Waals surface area contributed by atoms with Crippen LogP contribution in [0.1, 0.15) is 26.7 Å². The minimum atomic E-state index is -0.0873. The van der Waals surface area contributed by atoms with Crippen LogP contribution in [-0.4, -0.2) is 63.3 Å². The molecule has 0 bridgehead atoms. The Morgan fingerprint density at radius 3 is 2.57 bits per heavy atom. The molecule has 120 valence electrons. The number of carbonyl (C=O) groups excluding carboxylic acids is 1. The highest BCUT2D eigenvalue weighted by atomic mass is 16.5. The van der Waals surface area contributed by atoms with Crippen LogP contribution in [0.5, 0.6) is 0 Å². The molecule has 2 fully saturated rings. The van der Waals surface area contributed by atoms with Crippen molar-refractivity contribution in [3.63, 3.8) is 0 Å². The van der Waals surface area contributed by atoms with Gasteiger partial charge in [-0.2, -0.15) is 0 Å². The quantitative estimate of drug-likeness (QED) is 0.474. The Balaban J connectivity index is 1.90. The fourth-order valence-corrected chi connectivity index (χ4v) is 2.73. The van der Waals surface area contributed by atoms with Crippen molar-refractivity contribution in [2.24, 2.45) is 16.3 Å². The number of methoxy groups -OCH3 is 1. The summed E-state index contributed by atoms with van der Waals surface area (Å²) < 4.78 is 10.1. The SMILES string of the molecule is CCNC(=NCC1(C)COC1)N1CCC(C(=O)OC)CC1. The third kappa shape index (κ3) is 4.09. The largest absolute Gasteiger partial charge is 0.469 e. The second-order valence-corrected chi connectivity index (χ2v) is 6.26. The fraction of sp³-hybridized carbons (Fsp3) is 0.867. The summed E-state index contributed by atoms with van der Waals surface area (Å²) in [5.41, 5.74) is 0.186. The van der Waals surface area contributed by atoms with Gasteiger partial charge in [-0.3, -0.25) is 9.79 Å². The summed E-state index contributed by atoms with van der Waals surface area (Å²) in [6.45, 7) is 9.19. The number of carbonyl (C=O) groups is 1. The van der Waals surface area contributed by atoms with Crippen LogP contribution in [0, 0.1) is 11.3 Å². The van der Waals surface area contributed by atoms with E-state index in [1.165, 1.54) is 7.11 Å². The molecule has 0 atom stereocenters. The van der Waals surface area contributed by atoms with Gasteiger partial charge in [-0.1, -0.05) is 6.92 Å². The zero-order chi connectivity index (χ0) is 15.3. The fourth-order valence-electron chi connectivity index (χ4n) is 2.73. The van der Waals surface area contributed by atoms with Crippen molar-refractivity contribution in [2.75, 3.05) is 46.5 Å². The predicted molar refractivity (Wildman–Crippen MR) is 81.2 cm³/mol. The Labute approximate surface area is 126 Å². The molecule has 6 heteroatoms. The van der Waals surface area contributed by atoms with Crippen LogP contribution in [0.4, 0.5) is 0 Å². The molecule has 0 aromatic rings. The minimum absolute atomic E-state index is 0.0340. The second-order valence-electron chi connectivity index (χ2n) is 6.26. The van der Waals surface area contributed by atoms with Crippen LogP contribution in [0.2, 0.25) is 0 Å². The first kappa shape index (κ1) is 16.1. The summed E-state index contributed by atoms with van der Waals surface area (Å²) in [6.07, 6.45) is 1.66. The summed E-state index contributed by atoms with van der Waals surface area (Å²) in [5.74, 6) is 0.899. The average Bonchev–Trinajstić information content (AvgIpc) is 2.49. The molecule has 0 spiro atoms. The molecule has 0 aliphatic carbocycles. The number of nitrogens with one attached hydrogen (secondary N) is 1. The van der Waals surface area contributed by atoms with E-state index in [0.29, 0.717) is 0 Å². The van der Waals surface area contributed by atoms with Crippen molar-refractivity contribution in [2.45, 2.75) is 26.7 Å². The van der Waals surface area contributed by atoms with Gasteiger partial charge in [0.15, 0.2) is 5.96 Å². The molecule has 2 heterocycles. The van der Waals surface area contributed by atoms with Gasteiger partial charge in [-0.05, 0) is 19.8 Å². The molecule has 2 rings (SSSR count). The van der Waals surface area contributed by atoms with Crippen molar-refractivity contribution >= 4 is 11.9 Å². The van der Waals surface area contributed by atoms with Crippen LogP contribution >= 0.6 is 0 Å². The van der Waals surface area contributed by atoms with Crippen molar-refractivity contribution in [1.82, 2.24) is 10.2 Å². The molecule has 0 unspecified atom stereocenters. The average molecular weight is 297 g/mol. The number of nitrogens with zero attached hydrogens (tertiary/aromatic N) is 2. The lowest BCUT2D eigenvalue weighted by molar-refractivity contribution is -0.146. The number of rotatable bonds is 4. The molecule has 2 aliphatic heterocycles. The van der Waals surface area contributed by atoms with Gasteiger partial charge in [0, 0.05) is 25.0 Å². The number of hydrogen-bond acceptors (Lipinski definition) is 4. The van der Waals surface area contributed by atoms with Crippen LogP contribution in [0.3, 0.4) is 0 Å². The molecule has 2 aliphatic rings. The first-order valence-electron chi connectivity index (χ1n) is 7.77. The summed E-state index contributed by atoms with van der Waals surface area (Å²) in [7, 11) is 1.46. The van der Waals surface area contributed by atoms with E-state index in [9.17, 15) is 4.79 Å². The zero-order valence-corrected chi connectivity index (χ0v) is 13.4. The highest BCUT2D eigenvalue weighted by molar-refractivity contribution is 5.80. The first-order chi connectivity index (χ1) is 10.1. The molecule has 0 aromatic carbocycles. The minimum Gasteiger partial charge on any atom is -0.469 e. The van der Waals surface area contributed by atoms with E-state index in [2.05, 4.69) is 24.1 Å². The van der Waals surface area contributed by atoms with Crippen molar-refractivity contribution in [3.8, 4) is 0 Å². The lowest BCUT2D eigenvalue weighted by Gasteiger charge is -2.38. The molecule has 0 saturated carbocycles. The van der Waals surface area contributed by atoms with Gasteiger partial charge in [0.1, 0.15) is 0 Å². The molecule has 0 radical (unpaired) electrons. The van der Waals surface area contributed by atoms with E-state index in [1.54, 1.807) is 0 Å². The van der Waals surface area contributed by atoms with E-state index in [-0.39, 0.29) is 17.3 Å². The molecule has 1 N–H and O–H groups in total. The standard InChI is InChI=1S/C15H27N3O3/c1-4-16-14(17-9-15(2)10-21-11-15)18-7-5-12(6-8-18)13(19)20-3/h12H,4-11H2,1-3H3,(H,16,17). The predicted octanol–water partition coefficient (Wildman–Crippen LogP) is 0.873. The van der Waals surface area contributed by atoms with Crippen LogP contribution in [0.15, 0.2) is 4.99 Å². The first-order valence-corrected chi connectivity index (χ1v) is 7.77.